The van der Waals surface area contributed by atoms with Gasteiger partial charge < -0.3 is 10.1 Å². The molecule has 5 nitrogen and oxygen atoms in total. The first-order valence-electron chi connectivity index (χ1n) is 9.36. The van der Waals surface area contributed by atoms with Crippen molar-refractivity contribution in [3.8, 4) is 17.0 Å². The fraction of sp³-hybridized carbons (Fsp3) is 0.182. The Morgan fingerprint density at radius 2 is 1.93 bits per heavy atom. The number of amides is 1. The van der Waals surface area contributed by atoms with Crippen LogP contribution in [0, 0.1) is 0 Å². The summed E-state index contributed by atoms with van der Waals surface area (Å²) in [5.41, 5.74) is 3.75. The lowest BCUT2D eigenvalue weighted by Gasteiger charge is -2.07. The maximum absolute atomic E-state index is 12.3. The van der Waals surface area contributed by atoms with Gasteiger partial charge in [-0.05, 0) is 49.7 Å². The van der Waals surface area contributed by atoms with Gasteiger partial charge in [0, 0.05) is 40.0 Å². The first-order valence-corrected chi connectivity index (χ1v) is 10.6. The summed E-state index contributed by atoms with van der Waals surface area (Å²) in [6.45, 7) is 2.56. The molecule has 0 unspecified atom stereocenters. The maximum atomic E-state index is 12.3. The predicted octanol–water partition coefficient (Wildman–Crippen LogP) is 5.69. The Balaban J connectivity index is 1.40. The molecule has 0 saturated carbocycles. The lowest BCUT2D eigenvalue weighted by atomic mass is 10.2. The van der Waals surface area contributed by atoms with Gasteiger partial charge in [-0.25, -0.2) is 4.98 Å². The molecule has 4 rings (SSSR count). The van der Waals surface area contributed by atoms with Crippen molar-refractivity contribution in [1.82, 2.24) is 9.38 Å². The van der Waals surface area contributed by atoms with E-state index in [0.29, 0.717) is 24.5 Å². The number of ether oxygens (including phenoxy) is 1. The number of aryl methyl sites for hydroxylation is 1. The van der Waals surface area contributed by atoms with Crippen LogP contribution in [-0.2, 0) is 11.2 Å². The molecule has 0 fully saturated rings. The van der Waals surface area contributed by atoms with Crippen molar-refractivity contribution in [1.29, 1.82) is 0 Å². The normalized spacial score (nSPS) is 11.0. The number of fused-ring (bicyclic) bond motifs is 1. The van der Waals surface area contributed by atoms with Crippen molar-refractivity contribution in [2.75, 3.05) is 11.9 Å². The third-order valence-electron chi connectivity index (χ3n) is 4.48. The van der Waals surface area contributed by atoms with E-state index in [0.717, 1.165) is 33.3 Å². The SMILES string of the molecule is CCOc1ccc(NC(=O)CCc2csc3nc(-c4ccc(Cl)cc4)cn23)cc1. The van der Waals surface area contributed by atoms with Gasteiger partial charge in [-0.1, -0.05) is 23.7 Å². The molecule has 0 atom stereocenters. The first kappa shape index (κ1) is 19.5. The number of benzene rings is 2. The number of carbonyl (C=O) groups excluding carboxylic acids is 1. The number of aromatic nitrogens is 2. The Morgan fingerprint density at radius 1 is 1.17 bits per heavy atom. The van der Waals surface area contributed by atoms with E-state index in [1.165, 1.54) is 0 Å². The van der Waals surface area contributed by atoms with Gasteiger partial charge in [0.25, 0.3) is 0 Å². The van der Waals surface area contributed by atoms with Gasteiger partial charge in [-0.3, -0.25) is 9.20 Å². The predicted molar refractivity (Wildman–Crippen MR) is 118 cm³/mol. The third-order valence-corrected chi connectivity index (χ3v) is 5.62. The highest BCUT2D eigenvalue weighted by molar-refractivity contribution is 7.15. The molecule has 0 spiro atoms. The number of hydrogen-bond acceptors (Lipinski definition) is 4. The van der Waals surface area contributed by atoms with Crippen molar-refractivity contribution in [2.45, 2.75) is 19.8 Å². The molecule has 0 radical (unpaired) electrons. The summed E-state index contributed by atoms with van der Waals surface area (Å²) in [5, 5.41) is 5.69. The molecule has 0 aliphatic heterocycles. The van der Waals surface area contributed by atoms with E-state index in [2.05, 4.69) is 20.1 Å². The van der Waals surface area contributed by atoms with Crippen molar-refractivity contribution in [2.24, 2.45) is 0 Å². The van der Waals surface area contributed by atoms with Gasteiger partial charge >= 0.3 is 0 Å². The number of nitrogens with zero attached hydrogens (tertiary/aromatic N) is 2. The Morgan fingerprint density at radius 3 is 2.66 bits per heavy atom. The highest BCUT2D eigenvalue weighted by atomic mass is 35.5. The summed E-state index contributed by atoms with van der Waals surface area (Å²) in [6.07, 6.45) is 3.04. The van der Waals surface area contributed by atoms with Gasteiger partial charge in [0.05, 0.1) is 12.3 Å². The molecular formula is C22H20ClN3O2S. The van der Waals surface area contributed by atoms with Crippen molar-refractivity contribution >= 4 is 39.5 Å². The standard InChI is InChI=1S/C22H20ClN3O2S/c1-2-28-19-10-7-17(8-11-19)24-21(27)12-9-18-14-29-22-25-20(13-26(18)22)15-3-5-16(23)6-4-15/h3-8,10-11,13-14H,2,9,12H2,1H3,(H,24,27). The number of halogens is 1. The number of anilines is 1. The van der Waals surface area contributed by atoms with Crippen LogP contribution < -0.4 is 10.1 Å². The van der Waals surface area contributed by atoms with E-state index in [1.54, 1.807) is 11.3 Å². The molecule has 29 heavy (non-hydrogen) atoms. The summed E-state index contributed by atoms with van der Waals surface area (Å²) >= 11 is 7.54. The molecule has 2 aromatic carbocycles. The van der Waals surface area contributed by atoms with Crippen LogP contribution in [0.25, 0.3) is 16.2 Å². The molecule has 1 amide bonds. The molecule has 1 N–H and O–H groups in total. The Kier molecular flexibility index (Phi) is 5.83. The minimum Gasteiger partial charge on any atom is -0.494 e. The van der Waals surface area contributed by atoms with Gasteiger partial charge in [-0.2, -0.15) is 0 Å². The molecule has 0 aliphatic rings. The molecule has 2 aromatic heterocycles. The summed E-state index contributed by atoms with van der Waals surface area (Å²) in [6, 6.07) is 15.0. The highest BCUT2D eigenvalue weighted by Crippen LogP contribution is 2.25. The zero-order valence-electron chi connectivity index (χ0n) is 15.9. The Hall–Kier alpha value is -2.83. The number of carbonyl (C=O) groups is 1. The smallest absolute Gasteiger partial charge is 0.224 e. The average molecular weight is 426 g/mol. The molecule has 2 heterocycles. The second-order valence-corrected chi connectivity index (χ2v) is 7.79. The fourth-order valence-electron chi connectivity index (χ4n) is 3.04. The summed E-state index contributed by atoms with van der Waals surface area (Å²) in [7, 11) is 0. The van der Waals surface area contributed by atoms with Crippen LogP contribution in [0.15, 0.2) is 60.1 Å². The Bertz CT molecular complexity index is 1120. The summed E-state index contributed by atoms with van der Waals surface area (Å²) in [5.74, 6) is 0.773. The van der Waals surface area contributed by atoms with Gasteiger partial charge in [0.15, 0.2) is 4.96 Å². The van der Waals surface area contributed by atoms with Crippen molar-refractivity contribution in [3.05, 3.63) is 70.8 Å². The van der Waals surface area contributed by atoms with Crippen molar-refractivity contribution < 1.29 is 9.53 Å². The molecule has 4 aromatic rings. The van der Waals surface area contributed by atoms with Crippen LogP contribution >= 0.6 is 22.9 Å². The van der Waals surface area contributed by atoms with Crippen LogP contribution in [0.4, 0.5) is 5.69 Å². The monoisotopic (exact) mass is 425 g/mol. The number of hydrogen-bond donors (Lipinski definition) is 1. The molecular weight excluding hydrogens is 406 g/mol. The zero-order valence-corrected chi connectivity index (χ0v) is 17.5. The molecule has 0 saturated heterocycles. The number of rotatable bonds is 7. The van der Waals surface area contributed by atoms with Crippen LogP contribution in [0.3, 0.4) is 0 Å². The second-order valence-electron chi connectivity index (χ2n) is 6.52. The van der Waals surface area contributed by atoms with Gasteiger partial charge in [0.2, 0.25) is 5.91 Å². The van der Waals surface area contributed by atoms with Gasteiger partial charge in [0.1, 0.15) is 5.75 Å². The maximum Gasteiger partial charge on any atom is 0.224 e. The summed E-state index contributed by atoms with van der Waals surface area (Å²) in [4.78, 5) is 17.9. The van der Waals surface area contributed by atoms with E-state index >= 15 is 0 Å². The number of imidazole rings is 1. The third kappa shape index (κ3) is 4.60. The zero-order chi connectivity index (χ0) is 20.2. The number of nitrogens with one attached hydrogen (secondary N) is 1. The minimum atomic E-state index is -0.0217. The average Bonchev–Trinajstić information content (AvgIpc) is 3.30. The minimum absolute atomic E-state index is 0.0217. The highest BCUT2D eigenvalue weighted by Gasteiger charge is 2.11. The van der Waals surface area contributed by atoms with E-state index in [1.807, 2.05) is 61.7 Å². The molecule has 0 aliphatic carbocycles. The van der Waals surface area contributed by atoms with Gasteiger partial charge in [-0.15, -0.1) is 11.3 Å². The van der Waals surface area contributed by atoms with E-state index in [4.69, 9.17) is 16.3 Å². The lowest BCUT2D eigenvalue weighted by molar-refractivity contribution is -0.116. The second kappa shape index (κ2) is 8.68. The largest absolute Gasteiger partial charge is 0.494 e. The first-order chi connectivity index (χ1) is 14.1. The quantitative estimate of drug-likeness (QED) is 0.414. The van der Waals surface area contributed by atoms with E-state index in [9.17, 15) is 4.79 Å². The van der Waals surface area contributed by atoms with E-state index in [-0.39, 0.29) is 5.91 Å². The Labute approximate surface area is 177 Å². The molecule has 0 bridgehead atoms. The summed E-state index contributed by atoms with van der Waals surface area (Å²) < 4.78 is 7.47. The van der Waals surface area contributed by atoms with Crippen LogP contribution in [-0.4, -0.2) is 21.9 Å². The van der Waals surface area contributed by atoms with Crippen LogP contribution in [0.5, 0.6) is 5.75 Å². The number of thiazole rings is 1. The van der Waals surface area contributed by atoms with Crippen LogP contribution in [0.2, 0.25) is 5.02 Å². The fourth-order valence-corrected chi connectivity index (χ4v) is 4.07. The lowest BCUT2D eigenvalue weighted by Crippen LogP contribution is -2.12. The van der Waals surface area contributed by atoms with E-state index < -0.39 is 0 Å². The van der Waals surface area contributed by atoms with Crippen molar-refractivity contribution in [3.63, 3.8) is 0 Å². The topological polar surface area (TPSA) is 55.6 Å². The van der Waals surface area contributed by atoms with Crippen LogP contribution in [0.1, 0.15) is 19.0 Å². The molecule has 148 valence electrons. The molecule has 7 heteroatoms.